The van der Waals surface area contributed by atoms with Crippen LogP contribution in [0.5, 0.6) is 0 Å². The van der Waals surface area contributed by atoms with Gasteiger partial charge in [-0.25, -0.2) is 4.98 Å². The highest BCUT2D eigenvalue weighted by Crippen LogP contribution is 2.60. The number of rotatable bonds is 5. The standard InChI is InChI=1S/C29H33N3O/c1-3-31(2)27-26(13-8-16-30-27)29(33)14-17-32(18-15-29)20-28-19-23(21-9-4-6-11-24(21)28)22-10-5-7-12-25(22)28/h4-13,16,23,33H,3,14-15,17-20H2,1-2H3. The van der Waals surface area contributed by atoms with Gasteiger partial charge in [-0.3, -0.25) is 0 Å². The molecule has 2 heterocycles. The summed E-state index contributed by atoms with van der Waals surface area (Å²) >= 11 is 0. The van der Waals surface area contributed by atoms with Gasteiger partial charge in [-0.05, 0) is 54.5 Å². The highest BCUT2D eigenvalue weighted by atomic mass is 16.3. The molecular weight excluding hydrogens is 406 g/mol. The first kappa shape index (κ1) is 20.9. The maximum Gasteiger partial charge on any atom is 0.134 e. The molecule has 0 radical (unpaired) electrons. The number of fused-ring (bicyclic) bond motifs is 8. The Bertz CT molecular complexity index is 1130. The summed E-state index contributed by atoms with van der Waals surface area (Å²) in [5, 5.41) is 11.7. The molecule has 0 spiro atoms. The van der Waals surface area contributed by atoms with E-state index in [1.54, 1.807) is 0 Å². The summed E-state index contributed by atoms with van der Waals surface area (Å²) in [5.41, 5.74) is 6.33. The molecule has 3 aromatic rings. The lowest BCUT2D eigenvalue weighted by atomic mass is 9.74. The Balaban J connectivity index is 1.27. The van der Waals surface area contributed by atoms with Gasteiger partial charge >= 0.3 is 0 Å². The lowest BCUT2D eigenvalue weighted by Gasteiger charge is -2.43. The lowest BCUT2D eigenvalue weighted by Crippen LogP contribution is -2.48. The Morgan fingerprint density at radius 3 is 2.18 bits per heavy atom. The van der Waals surface area contributed by atoms with E-state index in [9.17, 15) is 5.11 Å². The van der Waals surface area contributed by atoms with Crippen LogP contribution >= 0.6 is 0 Å². The third kappa shape index (κ3) is 3.08. The number of aromatic nitrogens is 1. The average Bonchev–Trinajstić information content (AvgIpc) is 3.37. The van der Waals surface area contributed by atoms with E-state index in [1.165, 1.54) is 28.7 Å². The molecule has 3 aliphatic rings. The van der Waals surface area contributed by atoms with Crippen molar-refractivity contribution in [3.8, 4) is 0 Å². The molecule has 1 fully saturated rings. The van der Waals surface area contributed by atoms with Gasteiger partial charge in [-0.2, -0.15) is 0 Å². The first-order chi connectivity index (χ1) is 16.1. The predicted octanol–water partition coefficient (Wildman–Crippen LogP) is 4.66. The molecule has 4 nitrogen and oxygen atoms in total. The minimum Gasteiger partial charge on any atom is -0.385 e. The third-order valence-corrected chi connectivity index (χ3v) is 8.56. The molecular formula is C29H33N3O. The minimum absolute atomic E-state index is 0.0786. The summed E-state index contributed by atoms with van der Waals surface area (Å²) in [6, 6.07) is 22.2. The van der Waals surface area contributed by atoms with Crippen molar-refractivity contribution in [3.63, 3.8) is 0 Å². The van der Waals surface area contributed by atoms with Crippen LogP contribution in [0.4, 0.5) is 5.82 Å². The molecule has 0 atom stereocenters. The van der Waals surface area contributed by atoms with E-state index >= 15 is 0 Å². The van der Waals surface area contributed by atoms with Crippen LogP contribution in [0.15, 0.2) is 66.9 Å². The van der Waals surface area contributed by atoms with Crippen LogP contribution in [0.3, 0.4) is 0 Å². The van der Waals surface area contributed by atoms with E-state index in [4.69, 9.17) is 0 Å². The Hall–Kier alpha value is -2.69. The fourth-order valence-corrected chi connectivity index (χ4v) is 6.76. The molecule has 2 aliphatic carbocycles. The number of likely N-dealkylation sites (tertiary alicyclic amines) is 1. The number of piperidine rings is 1. The molecule has 0 saturated carbocycles. The number of benzene rings is 2. The summed E-state index contributed by atoms with van der Waals surface area (Å²) in [6.07, 6.45) is 4.49. The summed E-state index contributed by atoms with van der Waals surface area (Å²) in [5.74, 6) is 1.44. The Labute approximate surface area is 196 Å². The molecule has 1 aromatic heterocycles. The maximum absolute atomic E-state index is 11.7. The highest BCUT2D eigenvalue weighted by molar-refractivity contribution is 5.63. The van der Waals surface area contributed by atoms with Crippen molar-refractivity contribution in [1.29, 1.82) is 0 Å². The molecule has 6 rings (SSSR count). The summed E-state index contributed by atoms with van der Waals surface area (Å²) < 4.78 is 0. The van der Waals surface area contributed by atoms with E-state index in [2.05, 4.69) is 83.4 Å². The fraction of sp³-hybridized carbons (Fsp3) is 0.414. The van der Waals surface area contributed by atoms with E-state index < -0.39 is 5.60 Å². The quantitative estimate of drug-likeness (QED) is 0.628. The zero-order chi connectivity index (χ0) is 22.6. The molecule has 1 N–H and O–H groups in total. The molecule has 1 saturated heterocycles. The van der Waals surface area contributed by atoms with E-state index in [-0.39, 0.29) is 5.41 Å². The predicted molar refractivity (Wildman–Crippen MR) is 133 cm³/mol. The lowest BCUT2D eigenvalue weighted by molar-refractivity contribution is -0.0287. The molecule has 0 amide bonds. The van der Waals surface area contributed by atoms with Gasteiger partial charge in [0.05, 0.1) is 5.60 Å². The summed E-state index contributed by atoms with van der Waals surface area (Å²) in [4.78, 5) is 9.33. The van der Waals surface area contributed by atoms with Crippen molar-refractivity contribution in [3.05, 3.63) is 94.7 Å². The number of pyridine rings is 1. The normalized spacial score (nSPS) is 25.0. The third-order valence-electron chi connectivity index (χ3n) is 8.56. The molecule has 170 valence electrons. The molecule has 4 heteroatoms. The van der Waals surface area contributed by atoms with Crippen molar-refractivity contribution in [2.75, 3.05) is 38.1 Å². The van der Waals surface area contributed by atoms with E-state index in [0.29, 0.717) is 5.92 Å². The molecule has 1 aliphatic heterocycles. The van der Waals surface area contributed by atoms with Gasteiger partial charge in [-0.1, -0.05) is 54.6 Å². The second-order valence-electron chi connectivity index (χ2n) is 10.2. The van der Waals surface area contributed by atoms with Crippen LogP contribution in [0, 0.1) is 0 Å². The van der Waals surface area contributed by atoms with Crippen LogP contribution in [-0.2, 0) is 11.0 Å². The average molecular weight is 440 g/mol. The van der Waals surface area contributed by atoms with Crippen LogP contribution in [0.1, 0.15) is 59.9 Å². The summed E-state index contributed by atoms with van der Waals surface area (Å²) in [6.45, 7) is 5.82. The first-order valence-electron chi connectivity index (χ1n) is 12.4. The van der Waals surface area contributed by atoms with Gasteiger partial charge in [0.2, 0.25) is 0 Å². The number of nitrogens with zero attached hydrogens (tertiary/aromatic N) is 3. The van der Waals surface area contributed by atoms with Gasteiger partial charge in [-0.15, -0.1) is 0 Å². The van der Waals surface area contributed by atoms with Crippen molar-refractivity contribution in [1.82, 2.24) is 9.88 Å². The zero-order valence-electron chi connectivity index (χ0n) is 19.7. The molecule has 2 bridgehead atoms. The van der Waals surface area contributed by atoms with Crippen LogP contribution in [0.2, 0.25) is 0 Å². The van der Waals surface area contributed by atoms with Gasteiger partial charge < -0.3 is 14.9 Å². The van der Waals surface area contributed by atoms with Crippen LogP contribution in [0.25, 0.3) is 0 Å². The molecule has 33 heavy (non-hydrogen) atoms. The topological polar surface area (TPSA) is 39.6 Å². The largest absolute Gasteiger partial charge is 0.385 e. The van der Waals surface area contributed by atoms with Crippen LogP contribution < -0.4 is 4.90 Å². The van der Waals surface area contributed by atoms with Gasteiger partial charge in [0, 0.05) is 56.3 Å². The van der Waals surface area contributed by atoms with Crippen LogP contribution in [-0.4, -0.2) is 48.2 Å². The first-order valence-corrected chi connectivity index (χ1v) is 12.4. The van der Waals surface area contributed by atoms with Gasteiger partial charge in [0.25, 0.3) is 0 Å². The number of anilines is 1. The van der Waals surface area contributed by atoms with Crippen molar-refractivity contribution in [2.24, 2.45) is 0 Å². The SMILES string of the molecule is CCN(C)c1ncccc1C1(O)CCN(CC23CC(c4ccccc42)c2ccccc23)CC1. The fourth-order valence-electron chi connectivity index (χ4n) is 6.76. The Morgan fingerprint density at radius 2 is 1.55 bits per heavy atom. The number of hydrogen-bond acceptors (Lipinski definition) is 4. The van der Waals surface area contributed by atoms with Crippen molar-refractivity contribution < 1.29 is 5.11 Å². The molecule has 2 aromatic carbocycles. The van der Waals surface area contributed by atoms with Gasteiger partial charge in [0.15, 0.2) is 0 Å². The van der Waals surface area contributed by atoms with E-state index in [1.807, 2.05) is 12.3 Å². The zero-order valence-corrected chi connectivity index (χ0v) is 19.7. The maximum atomic E-state index is 11.7. The van der Waals surface area contributed by atoms with Crippen molar-refractivity contribution in [2.45, 2.75) is 43.1 Å². The number of aliphatic hydroxyl groups is 1. The minimum atomic E-state index is -0.815. The summed E-state index contributed by atoms with van der Waals surface area (Å²) in [7, 11) is 2.05. The monoisotopic (exact) mass is 439 g/mol. The van der Waals surface area contributed by atoms with Gasteiger partial charge in [0.1, 0.15) is 5.82 Å². The number of hydrogen-bond donors (Lipinski definition) is 1. The Kier molecular flexibility index (Phi) is 4.86. The molecule has 0 unspecified atom stereocenters. The second-order valence-corrected chi connectivity index (χ2v) is 10.2. The van der Waals surface area contributed by atoms with E-state index in [0.717, 1.165) is 50.4 Å². The Morgan fingerprint density at radius 1 is 0.939 bits per heavy atom. The van der Waals surface area contributed by atoms with Crippen molar-refractivity contribution >= 4 is 5.82 Å². The smallest absolute Gasteiger partial charge is 0.134 e. The highest BCUT2D eigenvalue weighted by Gasteiger charge is 2.53. The second kappa shape index (κ2) is 7.68.